The fourth-order valence-corrected chi connectivity index (χ4v) is 4.34. The number of rotatable bonds is 7. The lowest BCUT2D eigenvalue weighted by Gasteiger charge is -2.16. The van der Waals surface area contributed by atoms with Crippen molar-refractivity contribution in [3.63, 3.8) is 0 Å². The van der Waals surface area contributed by atoms with E-state index in [0.29, 0.717) is 25.5 Å². The lowest BCUT2D eigenvalue weighted by Crippen LogP contribution is -2.26. The van der Waals surface area contributed by atoms with Crippen molar-refractivity contribution in [2.24, 2.45) is 0 Å². The Hall–Kier alpha value is -4.86. The van der Waals surface area contributed by atoms with E-state index in [9.17, 15) is 35.9 Å². The minimum Gasteiger partial charge on any atom is -0.339 e. The lowest BCUT2D eigenvalue weighted by molar-refractivity contribution is -0.147. The molecule has 19 heteroatoms. The summed E-state index contributed by atoms with van der Waals surface area (Å²) in [5, 5.41) is 26.7. The molecule has 0 spiro atoms. The Bertz CT molecular complexity index is 1710. The number of hydrogen-bond acceptors (Lipinski definition) is 8. The largest absolute Gasteiger partial charge is 0.453 e. The van der Waals surface area contributed by atoms with Crippen molar-refractivity contribution in [1.29, 1.82) is 5.26 Å². The third-order valence-corrected chi connectivity index (χ3v) is 5.95. The number of tetrazole rings is 1. The number of nitrogens with zero attached hydrogens (tertiary/aromatic N) is 8. The smallest absolute Gasteiger partial charge is 0.339 e. The van der Waals surface area contributed by atoms with Gasteiger partial charge in [0.25, 0.3) is 17.6 Å². The van der Waals surface area contributed by atoms with Crippen molar-refractivity contribution in [1.82, 2.24) is 40.3 Å². The number of alkyl halides is 6. The SMILES string of the molecule is Cc1cc(Br)cc(C(=O)NCC#N)c1NC(=O)c1cc(Cn2nnnc2C(F)(F)F)nn1-c1ncccc1C(F)(F)F. The number of hydrogen-bond donors (Lipinski definition) is 2. The predicted octanol–water partition coefficient (Wildman–Crippen LogP) is 3.92. The molecule has 0 radical (unpaired) electrons. The molecule has 2 N–H and O–H groups in total. The zero-order valence-electron chi connectivity index (χ0n) is 20.9. The molecule has 3 heterocycles. The minimum absolute atomic E-state index is 0.0511. The molecule has 4 rings (SSSR count). The van der Waals surface area contributed by atoms with Gasteiger partial charge in [0.2, 0.25) is 0 Å². The fraction of sp³-hybridized carbons (Fsp3) is 0.217. The molecule has 0 atom stereocenters. The summed E-state index contributed by atoms with van der Waals surface area (Å²) in [5.41, 5.74) is -1.97. The summed E-state index contributed by atoms with van der Waals surface area (Å²) in [6.07, 6.45) is -8.90. The van der Waals surface area contributed by atoms with Crippen LogP contribution in [0, 0.1) is 18.3 Å². The second kappa shape index (κ2) is 11.6. The summed E-state index contributed by atoms with van der Waals surface area (Å²) in [7, 11) is 0. The first kappa shape index (κ1) is 30.1. The molecule has 3 aromatic heterocycles. The maximum atomic E-state index is 13.8. The van der Waals surface area contributed by atoms with E-state index < -0.39 is 53.6 Å². The first-order valence-corrected chi connectivity index (χ1v) is 12.2. The van der Waals surface area contributed by atoms with E-state index in [1.54, 1.807) is 6.07 Å². The Morgan fingerprint density at radius 3 is 2.50 bits per heavy atom. The summed E-state index contributed by atoms with van der Waals surface area (Å²) in [6, 6.07) is 7.24. The van der Waals surface area contributed by atoms with Gasteiger partial charge in [-0.25, -0.2) is 14.3 Å². The van der Waals surface area contributed by atoms with Crippen LogP contribution in [0.5, 0.6) is 0 Å². The molecule has 0 saturated heterocycles. The molecule has 218 valence electrons. The first-order valence-electron chi connectivity index (χ1n) is 11.4. The molecule has 0 fully saturated rings. The van der Waals surface area contributed by atoms with Crippen LogP contribution in [0.1, 0.15) is 43.5 Å². The lowest BCUT2D eigenvalue weighted by atomic mass is 10.1. The summed E-state index contributed by atoms with van der Waals surface area (Å²) in [4.78, 5) is 29.9. The number of aryl methyl sites for hydroxylation is 1. The van der Waals surface area contributed by atoms with Crippen LogP contribution < -0.4 is 10.6 Å². The molecule has 4 aromatic rings. The van der Waals surface area contributed by atoms with Crippen LogP contribution >= 0.6 is 15.9 Å². The number of pyridine rings is 1. The normalized spacial score (nSPS) is 11.7. The van der Waals surface area contributed by atoms with E-state index in [-0.39, 0.29) is 23.5 Å². The molecule has 42 heavy (non-hydrogen) atoms. The quantitative estimate of drug-likeness (QED) is 0.224. The first-order chi connectivity index (χ1) is 19.7. The molecule has 0 aliphatic carbocycles. The standard InChI is InChI=1S/C23H15BrF6N10O2/c1-11-7-12(24)8-14(19(41)33-6-4-31)17(11)34-20(42)16-9-13(10-39-21(23(28,29)30)35-37-38-39)36-40(16)18-15(22(25,26)27)3-2-5-32-18/h2-3,5,7-9H,6,10H2,1H3,(H,33,41)(H,34,42). The maximum Gasteiger partial charge on any atom is 0.453 e. The van der Waals surface area contributed by atoms with Crippen LogP contribution in [-0.4, -0.2) is 53.3 Å². The molecule has 0 aliphatic heterocycles. The Balaban J connectivity index is 1.83. The van der Waals surface area contributed by atoms with E-state index in [2.05, 4.69) is 52.2 Å². The van der Waals surface area contributed by atoms with Gasteiger partial charge in [0.1, 0.15) is 17.8 Å². The molecule has 0 saturated carbocycles. The van der Waals surface area contributed by atoms with Gasteiger partial charge in [0.05, 0.1) is 29.6 Å². The molecular weight excluding hydrogens is 642 g/mol. The molecule has 0 aliphatic rings. The van der Waals surface area contributed by atoms with Gasteiger partial charge in [0, 0.05) is 10.7 Å². The molecule has 2 amide bonds. The van der Waals surface area contributed by atoms with Crippen LogP contribution in [0.2, 0.25) is 0 Å². The molecule has 12 nitrogen and oxygen atoms in total. The van der Waals surface area contributed by atoms with Crippen molar-refractivity contribution < 1.29 is 35.9 Å². The van der Waals surface area contributed by atoms with Crippen LogP contribution in [-0.2, 0) is 18.9 Å². The fourth-order valence-electron chi connectivity index (χ4n) is 3.77. The minimum atomic E-state index is -4.96. The highest BCUT2D eigenvalue weighted by molar-refractivity contribution is 9.10. The monoisotopic (exact) mass is 656 g/mol. The predicted molar refractivity (Wildman–Crippen MR) is 133 cm³/mol. The third kappa shape index (κ3) is 6.38. The van der Waals surface area contributed by atoms with E-state index in [4.69, 9.17) is 5.26 Å². The van der Waals surface area contributed by atoms with E-state index in [1.165, 1.54) is 19.1 Å². The Labute approximate surface area is 239 Å². The van der Waals surface area contributed by atoms with Gasteiger partial charge in [-0.3, -0.25) is 9.59 Å². The van der Waals surface area contributed by atoms with Crippen molar-refractivity contribution in [2.45, 2.75) is 25.8 Å². The number of benzene rings is 1. The topological polar surface area (TPSA) is 156 Å². The second-order valence-corrected chi connectivity index (χ2v) is 9.32. The number of nitriles is 1. The average molecular weight is 657 g/mol. The van der Waals surface area contributed by atoms with E-state index in [1.807, 2.05) is 0 Å². The number of aromatic nitrogens is 7. The van der Waals surface area contributed by atoms with Crippen molar-refractivity contribution >= 4 is 33.4 Å². The number of anilines is 1. The number of halogens is 7. The maximum absolute atomic E-state index is 13.8. The van der Waals surface area contributed by atoms with Crippen LogP contribution in [0.15, 0.2) is 41.0 Å². The van der Waals surface area contributed by atoms with Crippen molar-refractivity contribution in [3.8, 4) is 11.9 Å². The van der Waals surface area contributed by atoms with Gasteiger partial charge >= 0.3 is 12.4 Å². The van der Waals surface area contributed by atoms with Gasteiger partial charge < -0.3 is 10.6 Å². The van der Waals surface area contributed by atoms with Gasteiger partial charge in [-0.15, -0.1) is 5.10 Å². The summed E-state index contributed by atoms with van der Waals surface area (Å²) < 4.78 is 82.7. The summed E-state index contributed by atoms with van der Waals surface area (Å²) in [5.74, 6) is -4.17. The van der Waals surface area contributed by atoms with E-state index in [0.717, 1.165) is 18.3 Å². The van der Waals surface area contributed by atoms with E-state index >= 15 is 0 Å². The zero-order valence-corrected chi connectivity index (χ0v) is 22.5. The highest BCUT2D eigenvalue weighted by atomic mass is 79.9. The van der Waals surface area contributed by atoms with Crippen molar-refractivity contribution in [3.05, 3.63) is 74.9 Å². The van der Waals surface area contributed by atoms with Crippen LogP contribution in [0.25, 0.3) is 5.82 Å². The molecule has 0 unspecified atom stereocenters. The molecule has 0 bridgehead atoms. The number of carbonyl (C=O) groups is 2. The van der Waals surface area contributed by atoms with Gasteiger partial charge in [0.15, 0.2) is 5.82 Å². The zero-order chi connectivity index (χ0) is 30.8. The highest BCUT2D eigenvalue weighted by Gasteiger charge is 2.39. The Morgan fingerprint density at radius 1 is 1.10 bits per heavy atom. The number of nitrogens with one attached hydrogen (secondary N) is 2. The third-order valence-electron chi connectivity index (χ3n) is 5.49. The molecule has 1 aromatic carbocycles. The van der Waals surface area contributed by atoms with Crippen LogP contribution in [0.4, 0.5) is 32.0 Å². The summed E-state index contributed by atoms with van der Waals surface area (Å²) in [6.45, 7) is 0.397. The summed E-state index contributed by atoms with van der Waals surface area (Å²) >= 11 is 3.23. The van der Waals surface area contributed by atoms with Crippen molar-refractivity contribution in [2.75, 3.05) is 11.9 Å². The number of carbonyl (C=O) groups excluding carboxylic acids is 2. The molecular formula is C23H15BrF6N10O2. The van der Waals surface area contributed by atoms with Gasteiger partial charge in [-0.05, 0) is 53.2 Å². The Morgan fingerprint density at radius 2 is 1.83 bits per heavy atom. The Kier molecular flexibility index (Phi) is 8.28. The average Bonchev–Trinajstić information content (AvgIpc) is 3.55. The van der Waals surface area contributed by atoms with Gasteiger partial charge in [-0.1, -0.05) is 15.9 Å². The number of amides is 2. The second-order valence-electron chi connectivity index (χ2n) is 8.40. The van der Waals surface area contributed by atoms with Crippen LogP contribution in [0.3, 0.4) is 0 Å². The van der Waals surface area contributed by atoms with Gasteiger partial charge in [-0.2, -0.15) is 36.7 Å². The highest BCUT2D eigenvalue weighted by Crippen LogP contribution is 2.34.